The Morgan fingerprint density at radius 2 is 1.91 bits per heavy atom. The zero-order chi connectivity index (χ0) is 14.9. The number of hydrogen-bond donors (Lipinski definition) is 1. The van der Waals surface area contributed by atoms with Gasteiger partial charge in [0, 0.05) is 63.6 Å². The molecule has 4 rings (SSSR count). The van der Waals surface area contributed by atoms with E-state index >= 15 is 0 Å². The van der Waals surface area contributed by atoms with Crippen molar-refractivity contribution in [3.05, 3.63) is 24.3 Å². The summed E-state index contributed by atoms with van der Waals surface area (Å²) in [6.45, 7) is 8.23. The predicted octanol–water partition coefficient (Wildman–Crippen LogP) is 2.00. The van der Waals surface area contributed by atoms with E-state index in [9.17, 15) is 5.11 Å². The van der Waals surface area contributed by atoms with Crippen LogP contribution in [-0.4, -0.2) is 66.8 Å². The molecular weight excluding hydrogens is 274 g/mol. The number of benzene rings is 1. The summed E-state index contributed by atoms with van der Waals surface area (Å²) in [5.41, 5.74) is 1.15. The number of likely N-dealkylation sites (tertiary alicyclic amines) is 1. The number of piperazine rings is 1. The summed E-state index contributed by atoms with van der Waals surface area (Å²) >= 11 is 0. The highest BCUT2D eigenvalue weighted by molar-refractivity contribution is 5.50. The van der Waals surface area contributed by atoms with Gasteiger partial charge in [0.1, 0.15) is 5.75 Å². The first-order valence-electron chi connectivity index (χ1n) is 8.78. The third-order valence-corrected chi connectivity index (χ3v) is 5.79. The zero-order valence-corrected chi connectivity index (χ0v) is 13.3. The fraction of sp³-hybridized carbons (Fsp3) is 0.667. The van der Waals surface area contributed by atoms with Gasteiger partial charge in [-0.15, -0.1) is 0 Å². The van der Waals surface area contributed by atoms with Crippen molar-refractivity contribution in [2.24, 2.45) is 5.92 Å². The minimum Gasteiger partial charge on any atom is -0.508 e. The van der Waals surface area contributed by atoms with Crippen molar-refractivity contribution in [1.29, 1.82) is 0 Å². The second-order valence-corrected chi connectivity index (χ2v) is 7.18. The third kappa shape index (κ3) is 2.95. The Labute approximate surface area is 133 Å². The Bertz CT molecular complexity index is 513. The van der Waals surface area contributed by atoms with Crippen molar-refractivity contribution in [3.63, 3.8) is 0 Å². The Morgan fingerprint density at radius 1 is 1.05 bits per heavy atom. The molecule has 0 amide bonds. The van der Waals surface area contributed by atoms with E-state index in [1.807, 2.05) is 12.1 Å². The number of nitrogens with zero attached hydrogens (tertiary/aromatic N) is 3. The molecule has 1 aromatic rings. The van der Waals surface area contributed by atoms with Crippen molar-refractivity contribution < 1.29 is 5.11 Å². The fourth-order valence-electron chi connectivity index (χ4n) is 4.49. The molecule has 4 heteroatoms. The third-order valence-electron chi connectivity index (χ3n) is 5.79. The first-order valence-corrected chi connectivity index (χ1v) is 8.78. The summed E-state index contributed by atoms with van der Waals surface area (Å²) in [4.78, 5) is 7.72. The molecule has 3 fully saturated rings. The average Bonchev–Trinajstić information content (AvgIpc) is 3.16. The summed E-state index contributed by atoms with van der Waals surface area (Å²) in [6.07, 6.45) is 4.38. The number of anilines is 1. The van der Waals surface area contributed by atoms with E-state index in [0.29, 0.717) is 5.75 Å². The molecule has 4 nitrogen and oxygen atoms in total. The molecular formula is C18H27N3O. The lowest BCUT2D eigenvalue weighted by molar-refractivity contribution is 0.167. The second-order valence-electron chi connectivity index (χ2n) is 7.18. The van der Waals surface area contributed by atoms with E-state index in [-0.39, 0.29) is 0 Å². The largest absolute Gasteiger partial charge is 0.508 e. The van der Waals surface area contributed by atoms with Crippen molar-refractivity contribution >= 4 is 5.69 Å². The van der Waals surface area contributed by atoms with Gasteiger partial charge in [-0.1, -0.05) is 6.07 Å². The Balaban J connectivity index is 1.24. The summed E-state index contributed by atoms with van der Waals surface area (Å²) in [5.74, 6) is 1.37. The van der Waals surface area contributed by atoms with Gasteiger partial charge in [-0.3, -0.25) is 9.80 Å². The highest BCUT2D eigenvalue weighted by Crippen LogP contribution is 2.37. The molecule has 2 bridgehead atoms. The number of fused-ring (bicyclic) bond motifs is 2. The van der Waals surface area contributed by atoms with E-state index in [2.05, 4.69) is 20.8 Å². The number of rotatable bonds is 4. The van der Waals surface area contributed by atoms with Crippen molar-refractivity contribution in [3.8, 4) is 5.75 Å². The van der Waals surface area contributed by atoms with Crippen molar-refractivity contribution in [2.75, 3.05) is 50.7 Å². The standard InChI is InChI=1S/C18H27N3O/c22-18-3-1-2-16(13-18)20-9-6-19(7-10-20)8-11-21-14-15-4-5-17(21)12-15/h1-3,13,15,17,22H,4-12,14H2/t15-,17+/m0/s1. The molecule has 2 saturated heterocycles. The lowest BCUT2D eigenvalue weighted by Crippen LogP contribution is -2.49. The van der Waals surface area contributed by atoms with Gasteiger partial charge in [0.2, 0.25) is 0 Å². The van der Waals surface area contributed by atoms with Gasteiger partial charge >= 0.3 is 0 Å². The maximum atomic E-state index is 9.61. The molecule has 0 aromatic heterocycles. The van der Waals surface area contributed by atoms with Crippen LogP contribution in [0.3, 0.4) is 0 Å². The Hall–Kier alpha value is -1.26. The molecule has 120 valence electrons. The first-order chi connectivity index (χ1) is 10.8. The number of piperidine rings is 1. The summed E-state index contributed by atoms with van der Waals surface area (Å²) < 4.78 is 0. The van der Waals surface area contributed by atoms with Crippen LogP contribution in [-0.2, 0) is 0 Å². The molecule has 0 radical (unpaired) electrons. The van der Waals surface area contributed by atoms with Gasteiger partial charge in [0.15, 0.2) is 0 Å². The average molecular weight is 301 g/mol. The van der Waals surface area contributed by atoms with Crippen LogP contribution in [0.4, 0.5) is 5.69 Å². The number of phenolic OH excluding ortho intramolecular Hbond substituents is 1. The molecule has 1 aromatic carbocycles. The molecule has 0 spiro atoms. The molecule has 0 unspecified atom stereocenters. The van der Waals surface area contributed by atoms with Crippen LogP contribution < -0.4 is 4.90 Å². The molecule has 2 atom stereocenters. The molecule has 1 saturated carbocycles. The topological polar surface area (TPSA) is 30.0 Å². The summed E-state index contributed by atoms with van der Waals surface area (Å²) in [5, 5.41) is 9.61. The van der Waals surface area contributed by atoms with Crippen LogP contribution in [0.25, 0.3) is 0 Å². The second kappa shape index (κ2) is 6.09. The summed E-state index contributed by atoms with van der Waals surface area (Å²) in [7, 11) is 0. The molecule has 1 aliphatic carbocycles. The highest BCUT2D eigenvalue weighted by atomic mass is 16.3. The van der Waals surface area contributed by atoms with Crippen molar-refractivity contribution in [2.45, 2.75) is 25.3 Å². The minimum atomic E-state index is 0.365. The molecule has 2 aliphatic heterocycles. The van der Waals surface area contributed by atoms with Crippen LogP contribution >= 0.6 is 0 Å². The summed E-state index contributed by atoms with van der Waals surface area (Å²) in [6, 6.07) is 8.54. The van der Waals surface area contributed by atoms with E-state index in [1.165, 1.54) is 38.9 Å². The van der Waals surface area contributed by atoms with Crippen LogP contribution in [0.5, 0.6) is 5.75 Å². The number of hydrogen-bond acceptors (Lipinski definition) is 4. The van der Waals surface area contributed by atoms with Crippen LogP contribution in [0.1, 0.15) is 19.3 Å². The quantitative estimate of drug-likeness (QED) is 0.921. The molecule has 2 heterocycles. The van der Waals surface area contributed by atoms with Crippen LogP contribution in [0.15, 0.2) is 24.3 Å². The van der Waals surface area contributed by atoms with E-state index < -0.39 is 0 Å². The maximum absolute atomic E-state index is 9.61. The van der Waals surface area contributed by atoms with Gasteiger partial charge in [0.25, 0.3) is 0 Å². The van der Waals surface area contributed by atoms with Gasteiger partial charge in [0.05, 0.1) is 0 Å². The van der Waals surface area contributed by atoms with E-state index in [1.54, 1.807) is 6.07 Å². The van der Waals surface area contributed by atoms with Crippen LogP contribution in [0.2, 0.25) is 0 Å². The highest BCUT2D eigenvalue weighted by Gasteiger charge is 2.37. The zero-order valence-electron chi connectivity index (χ0n) is 13.3. The fourth-order valence-corrected chi connectivity index (χ4v) is 4.49. The first kappa shape index (κ1) is 14.3. The normalized spacial score (nSPS) is 29.4. The molecule has 3 aliphatic rings. The van der Waals surface area contributed by atoms with E-state index in [4.69, 9.17) is 0 Å². The van der Waals surface area contributed by atoms with Gasteiger partial charge in [-0.05, 0) is 37.3 Å². The van der Waals surface area contributed by atoms with Crippen molar-refractivity contribution in [1.82, 2.24) is 9.80 Å². The smallest absolute Gasteiger partial charge is 0.117 e. The number of phenols is 1. The van der Waals surface area contributed by atoms with Gasteiger partial charge in [-0.2, -0.15) is 0 Å². The van der Waals surface area contributed by atoms with Gasteiger partial charge in [-0.25, -0.2) is 0 Å². The Kier molecular flexibility index (Phi) is 3.97. The van der Waals surface area contributed by atoms with Gasteiger partial charge < -0.3 is 10.0 Å². The maximum Gasteiger partial charge on any atom is 0.117 e. The lowest BCUT2D eigenvalue weighted by atomic mass is 10.1. The van der Waals surface area contributed by atoms with E-state index in [0.717, 1.165) is 43.8 Å². The monoisotopic (exact) mass is 301 g/mol. The minimum absolute atomic E-state index is 0.365. The SMILES string of the molecule is Oc1cccc(N2CCN(CCN3C[C@H]4CC[C@@H]3C4)CC2)c1. The Morgan fingerprint density at radius 3 is 2.59 bits per heavy atom. The predicted molar refractivity (Wildman–Crippen MR) is 89.5 cm³/mol. The van der Waals surface area contributed by atoms with Crippen LogP contribution in [0, 0.1) is 5.92 Å². The lowest BCUT2D eigenvalue weighted by Gasteiger charge is -2.37. The molecule has 22 heavy (non-hydrogen) atoms. The molecule has 1 N–H and O–H groups in total. The number of aromatic hydroxyl groups is 1.